The fraction of sp³-hybridized carbons (Fsp3) is 0.333. The number of benzene rings is 1. The van der Waals surface area contributed by atoms with E-state index in [0.717, 1.165) is 12.1 Å². The second-order valence-corrected chi connectivity index (χ2v) is 5.61. The van der Waals surface area contributed by atoms with Crippen molar-refractivity contribution in [2.75, 3.05) is 24.7 Å². The monoisotopic (exact) mass is 225 g/mol. The molecular formula is C9H11F2LiNOP. The van der Waals surface area contributed by atoms with E-state index in [1.54, 1.807) is 0 Å². The van der Waals surface area contributed by atoms with Crippen LogP contribution < -0.4 is 23.9 Å². The summed E-state index contributed by atoms with van der Waals surface area (Å²) in [5, 5.41) is 11.7. The summed E-state index contributed by atoms with van der Waals surface area (Å²) in [7, 11) is -0.508. The first-order valence-corrected chi connectivity index (χ1v) is 6.48. The van der Waals surface area contributed by atoms with Gasteiger partial charge in [-0.1, -0.05) is 14.0 Å². The average molecular weight is 225 g/mol. The number of para-hydroxylation sites is 1. The molecule has 0 aromatic heterocycles. The van der Waals surface area contributed by atoms with E-state index in [2.05, 4.69) is 0 Å². The van der Waals surface area contributed by atoms with E-state index >= 15 is 0 Å². The third-order valence-electron chi connectivity index (χ3n) is 1.60. The molecule has 0 spiro atoms. The molecule has 0 aliphatic rings. The van der Waals surface area contributed by atoms with Crippen LogP contribution in [0.1, 0.15) is 0 Å². The summed E-state index contributed by atoms with van der Waals surface area (Å²) >= 11 is 0. The van der Waals surface area contributed by atoms with Crippen LogP contribution >= 0.6 is 7.92 Å². The SMILES string of the molecule is CP(C)CN([O-])c1c(F)cccc1F.[Li+]. The van der Waals surface area contributed by atoms with Crippen LogP contribution in [-0.2, 0) is 0 Å². The summed E-state index contributed by atoms with van der Waals surface area (Å²) in [6.07, 6.45) is 0.146. The zero-order chi connectivity index (χ0) is 10.7. The van der Waals surface area contributed by atoms with Crippen molar-refractivity contribution in [3.8, 4) is 0 Å². The second-order valence-electron chi connectivity index (χ2n) is 3.17. The molecule has 78 valence electrons. The molecular weight excluding hydrogens is 214 g/mol. The minimum absolute atomic E-state index is 0. The Hall–Kier alpha value is -0.133. The maximum atomic E-state index is 13.1. The normalized spacial score (nSPS) is 10.0. The molecule has 0 amide bonds. The van der Waals surface area contributed by atoms with Crippen molar-refractivity contribution in [1.29, 1.82) is 0 Å². The van der Waals surface area contributed by atoms with Gasteiger partial charge in [0.15, 0.2) is 0 Å². The summed E-state index contributed by atoms with van der Waals surface area (Å²) in [6.45, 7) is 3.75. The van der Waals surface area contributed by atoms with Crippen molar-refractivity contribution in [2.45, 2.75) is 0 Å². The van der Waals surface area contributed by atoms with Crippen LogP contribution in [0.15, 0.2) is 18.2 Å². The minimum Gasteiger partial charge on any atom is -0.758 e. The Balaban J connectivity index is 0.00000196. The van der Waals surface area contributed by atoms with E-state index in [1.165, 1.54) is 6.07 Å². The van der Waals surface area contributed by atoms with E-state index < -0.39 is 25.2 Å². The average Bonchev–Trinajstić information content (AvgIpc) is 2.01. The van der Waals surface area contributed by atoms with Crippen molar-refractivity contribution < 1.29 is 27.6 Å². The van der Waals surface area contributed by atoms with Gasteiger partial charge in [-0.05, 0) is 25.5 Å². The summed E-state index contributed by atoms with van der Waals surface area (Å²) in [4.78, 5) is 0. The molecule has 0 aliphatic heterocycles. The van der Waals surface area contributed by atoms with E-state index in [9.17, 15) is 14.0 Å². The summed E-state index contributed by atoms with van der Waals surface area (Å²) in [6, 6.07) is 3.40. The zero-order valence-corrected chi connectivity index (χ0v) is 9.89. The number of hydrogen-bond donors (Lipinski definition) is 0. The van der Waals surface area contributed by atoms with Crippen LogP contribution in [0.5, 0.6) is 0 Å². The van der Waals surface area contributed by atoms with Crippen molar-refractivity contribution >= 4 is 13.6 Å². The predicted molar refractivity (Wildman–Crippen MR) is 55.8 cm³/mol. The molecule has 0 saturated carbocycles. The number of hydrogen-bond acceptors (Lipinski definition) is 2. The first kappa shape index (κ1) is 14.9. The van der Waals surface area contributed by atoms with Crippen LogP contribution in [0.2, 0.25) is 0 Å². The van der Waals surface area contributed by atoms with Crippen LogP contribution in [0.25, 0.3) is 0 Å². The van der Waals surface area contributed by atoms with Crippen molar-refractivity contribution in [1.82, 2.24) is 0 Å². The van der Waals surface area contributed by atoms with Gasteiger partial charge in [0.2, 0.25) is 0 Å². The van der Waals surface area contributed by atoms with Gasteiger partial charge in [0.1, 0.15) is 11.6 Å². The molecule has 0 aliphatic carbocycles. The fourth-order valence-corrected chi connectivity index (χ4v) is 1.71. The number of anilines is 1. The van der Waals surface area contributed by atoms with Crippen LogP contribution in [0.4, 0.5) is 14.5 Å². The van der Waals surface area contributed by atoms with Gasteiger partial charge in [-0.3, -0.25) is 0 Å². The molecule has 6 heteroatoms. The standard InChI is InChI=1S/C9H11F2NOP.Li/c1-14(2)6-12(13)9-7(10)4-3-5-8(9)11;/h3-5H,6H2,1-2H3;/q-1;+1. The van der Waals surface area contributed by atoms with E-state index in [-0.39, 0.29) is 25.1 Å². The maximum absolute atomic E-state index is 13.1. The number of rotatable bonds is 3. The van der Waals surface area contributed by atoms with Crippen molar-refractivity contribution in [2.24, 2.45) is 0 Å². The largest absolute Gasteiger partial charge is 1.00 e. The molecule has 1 aromatic rings. The molecule has 0 N–H and O–H groups in total. The quantitative estimate of drug-likeness (QED) is 0.410. The van der Waals surface area contributed by atoms with E-state index in [1.807, 2.05) is 13.3 Å². The molecule has 1 rings (SSSR count). The van der Waals surface area contributed by atoms with Crippen LogP contribution in [-0.4, -0.2) is 19.6 Å². The Bertz CT molecular complexity index is 305. The van der Waals surface area contributed by atoms with Crippen molar-refractivity contribution in [3.05, 3.63) is 35.0 Å². The summed E-state index contributed by atoms with van der Waals surface area (Å²) < 4.78 is 26.2. The first-order chi connectivity index (χ1) is 6.52. The van der Waals surface area contributed by atoms with Gasteiger partial charge < -0.3 is 10.3 Å². The maximum Gasteiger partial charge on any atom is 1.00 e. The molecule has 2 nitrogen and oxygen atoms in total. The predicted octanol–water partition coefficient (Wildman–Crippen LogP) is -0.0280. The smallest absolute Gasteiger partial charge is 0.758 e. The van der Waals surface area contributed by atoms with Gasteiger partial charge in [-0.2, -0.15) is 0 Å². The Kier molecular flexibility index (Phi) is 6.39. The Morgan fingerprint density at radius 1 is 1.27 bits per heavy atom. The first-order valence-electron chi connectivity index (χ1n) is 4.06. The second kappa shape index (κ2) is 6.45. The van der Waals surface area contributed by atoms with Gasteiger partial charge in [0.05, 0.1) is 5.69 Å². The molecule has 0 radical (unpaired) electrons. The fourth-order valence-electron chi connectivity index (χ4n) is 1.05. The number of halogens is 2. The Labute approximate surface area is 101 Å². The van der Waals surface area contributed by atoms with Gasteiger partial charge in [0.25, 0.3) is 0 Å². The third kappa shape index (κ3) is 4.08. The molecule has 0 unspecified atom stereocenters. The number of hydroxylamine groups is 1. The van der Waals surface area contributed by atoms with Crippen LogP contribution in [0, 0.1) is 16.8 Å². The number of nitrogens with zero attached hydrogens (tertiary/aromatic N) is 1. The topological polar surface area (TPSA) is 26.3 Å². The van der Waals surface area contributed by atoms with Gasteiger partial charge in [-0.15, -0.1) is 0 Å². The van der Waals surface area contributed by atoms with E-state index in [4.69, 9.17) is 0 Å². The van der Waals surface area contributed by atoms with E-state index in [0.29, 0.717) is 5.06 Å². The Morgan fingerprint density at radius 2 is 1.73 bits per heavy atom. The minimum atomic E-state index is -0.808. The third-order valence-corrected chi connectivity index (χ3v) is 2.42. The molecule has 0 atom stereocenters. The zero-order valence-electron chi connectivity index (χ0n) is 9.00. The summed E-state index contributed by atoms with van der Waals surface area (Å²) in [5.41, 5.74) is -0.483. The molecule has 1 aromatic carbocycles. The molecule has 15 heavy (non-hydrogen) atoms. The molecule has 0 fully saturated rings. The molecule has 0 bridgehead atoms. The molecule has 0 heterocycles. The molecule has 0 saturated heterocycles. The van der Waals surface area contributed by atoms with Gasteiger partial charge in [0, 0.05) is 6.29 Å². The Morgan fingerprint density at radius 3 is 2.13 bits per heavy atom. The van der Waals surface area contributed by atoms with Gasteiger partial charge >= 0.3 is 18.9 Å². The van der Waals surface area contributed by atoms with Gasteiger partial charge in [-0.25, -0.2) is 8.78 Å². The van der Waals surface area contributed by atoms with Crippen LogP contribution in [0.3, 0.4) is 0 Å². The van der Waals surface area contributed by atoms with Crippen molar-refractivity contribution in [3.63, 3.8) is 0 Å². The summed E-state index contributed by atoms with van der Waals surface area (Å²) in [5.74, 6) is -1.62.